The van der Waals surface area contributed by atoms with Crippen molar-refractivity contribution in [1.29, 1.82) is 0 Å². The van der Waals surface area contributed by atoms with Gasteiger partial charge in [0.05, 0.1) is 19.6 Å². The van der Waals surface area contributed by atoms with E-state index in [0.29, 0.717) is 6.61 Å². The molecule has 3 heteroatoms. The van der Waals surface area contributed by atoms with Crippen LogP contribution in [0.15, 0.2) is 24.3 Å². The highest BCUT2D eigenvalue weighted by Crippen LogP contribution is 2.05. The number of terminal acetylenes is 1. The summed E-state index contributed by atoms with van der Waals surface area (Å²) in [6, 6.07) is 7.68. The van der Waals surface area contributed by atoms with Crippen LogP contribution in [-0.2, 0) is 16.0 Å². The van der Waals surface area contributed by atoms with Crippen molar-refractivity contribution in [3.8, 4) is 12.3 Å². The molecule has 1 rings (SSSR count). The predicted octanol–water partition coefficient (Wildman–Crippen LogP) is 1.70. The van der Waals surface area contributed by atoms with E-state index < -0.39 is 5.97 Å². The van der Waals surface area contributed by atoms with Crippen molar-refractivity contribution in [3.05, 3.63) is 35.4 Å². The number of ether oxygens (including phenoxy) is 1. The minimum absolute atomic E-state index is 0.0460. The number of rotatable bonds is 6. The topological polar surface area (TPSA) is 46.5 Å². The first-order chi connectivity index (χ1) is 7.72. The number of hydrogen-bond acceptors (Lipinski definition) is 2. The zero-order valence-corrected chi connectivity index (χ0v) is 8.98. The van der Waals surface area contributed by atoms with Gasteiger partial charge in [0.25, 0.3) is 0 Å². The molecule has 0 aliphatic carbocycles. The van der Waals surface area contributed by atoms with E-state index >= 15 is 0 Å². The molecule has 0 saturated carbocycles. The largest absolute Gasteiger partial charge is 0.481 e. The lowest BCUT2D eigenvalue weighted by molar-refractivity contribution is -0.138. The molecule has 0 atom stereocenters. The van der Waals surface area contributed by atoms with Crippen LogP contribution in [-0.4, -0.2) is 24.3 Å². The summed E-state index contributed by atoms with van der Waals surface area (Å²) in [6.45, 7) is 0.769. The molecule has 0 bridgehead atoms. The van der Waals surface area contributed by atoms with Crippen LogP contribution in [0.3, 0.4) is 0 Å². The molecule has 84 valence electrons. The molecule has 0 heterocycles. The summed E-state index contributed by atoms with van der Waals surface area (Å²) >= 11 is 0. The first kappa shape index (κ1) is 12.3. The highest BCUT2D eigenvalue weighted by molar-refractivity contribution is 5.66. The van der Waals surface area contributed by atoms with E-state index in [-0.39, 0.29) is 13.0 Å². The second-order valence-corrected chi connectivity index (χ2v) is 3.35. The molecular weight excluding hydrogens is 204 g/mol. The summed E-state index contributed by atoms with van der Waals surface area (Å²) in [5, 5.41) is 8.40. The molecule has 1 aromatic carbocycles. The third kappa shape index (κ3) is 4.63. The van der Waals surface area contributed by atoms with Crippen LogP contribution in [0.2, 0.25) is 0 Å². The van der Waals surface area contributed by atoms with Crippen LogP contribution < -0.4 is 0 Å². The van der Waals surface area contributed by atoms with Crippen molar-refractivity contribution >= 4 is 5.97 Å². The summed E-state index contributed by atoms with van der Waals surface area (Å²) in [4.78, 5) is 10.2. The molecule has 1 N–H and O–H groups in total. The number of carboxylic acids is 1. The Labute approximate surface area is 95.1 Å². The third-order valence-electron chi connectivity index (χ3n) is 2.09. The molecule has 0 fully saturated rings. The maximum atomic E-state index is 10.2. The van der Waals surface area contributed by atoms with E-state index in [9.17, 15) is 4.79 Å². The van der Waals surface area contributed by atoms with E-state index in [1.54, 1.807) is 0 Å². The smallest absolute Gasteiger partial charge is 0.305 e. The summed E-state index contributed by atoms with van der Waals surface area (Å²) in [6.07, 6.45) is 6.07. The monoisotopic (exact) mass is 218 g/mol. The average Bonchev–Trinajstić information content (AvgIpc) is 2.28. The van der Waals surface area contributed by atoms with Crippen molar-refractivity contribution in [3.63, 3.8) is 0 Å². The fraction of sp³-hybridized carbons (Fsp3) is 0.308. The molecule has 0 unspecified atom stereocenters. The molecule has 0 amide bonds. The van der Waals surface area contributed by atoms with Gasteiger partial charge in [0.1, 0.15) is 0 Å². The summed E-state index contributed by atoms with van der Waals surface area (Å²) < 4.78 is 5.19. The van der Waals surface area contributed by atoms with Gasteiger partial charge in [0.2, 0.25) is 0 Å². The zero-order chi connectivity index (χ0) is 11.8. The van der Waals surface area contributed by atoms with Gasteiger partial charge >= 0.3 is 5.97 Å². The van der Waals surface area contributed by atoms with E-state index in [4.69, 9.17) is 16.3 Å². The van der Waals surface area contributed by atoms with Crippen LogP contribution in [0.4, 0.5) is 0 Å². The van der Waals surface area contributed by atoms with E-state index in [0.717, 1.165) is 17.5 Å². The first-order valence-corrected chi connectivity index (χ1v) is 5.07. The van der Waals surface area contributed by atoms with Crippen LogP contribution in [0.5, 0.6) is 0 Å². The van der Waals surface area contributed by atoms with Gasteiger partial charge in [0, 0.05) is 5.56 Å². The van der Waals surface area contributed by atoms with Gasteiger partial charge in [-0.15, -0.1) is 6.42 Å². The van der Waals surface area contributed by atoms with E-state index in [1.165, 1.54) is 0 Å². The highest BCUT2D eigenvalue weighted by atomic mass is 16.5. The Morgan fingerprint density at radius 1 is 1.44 bits per heavy atom. The Balaban J connectivity index is 2.27. The molecule has 3 nitrogen and oxygen atoms in total. The minimum Gasteiger partial charge on any atom is -0.481 e. The average molecular weight is 218 g/mol. The maximum Gasteiger partial charge on any atom is 0.305 e. The number of aliphatic carboxylic acids is 1. The SMILES string of the molecule is C#Cc1cccc(CCOCCC(=O)O)c1. The third-order valence-corrected chi connectivity index (χ3v) is 2.09. The summed E-state index contributed by atoms with van der Waals surface area (Å²) in [7, 11) is 0. The molecule has 0 saturated heterocycles. The van der Waals surface area contributed by atoms with E-state index in [2.05, 4.69) is 5.92 Å². The zero-order valence-electron chi connectivity index (χ0n) is 8.98. The summed E-state index contributed by atoms with van der Waals surface area (Å²) in [5.41, 5.74) is 1.95. The van der Waals surface area contributed by atoms with Crippen LogP contribution in [0, 0.1) is 12.3 Å². The Bertz CT molecular complexity index is 390. The van der Waals surface area contributed by atoms with Crippen molar-refractivity contribution < 1.29 is 14.6 Å². The Kier molecular flexibility index (Phi) is 5.10. The van der Waals surface area contributed by atoms with Gasteiger partial charge in [-0.1, -0.05) is 18.1 Å². The lowest BCUT2D eigenvalue weighted by atomic mass is 10.1. The fourth-order valence-electron chi connectivity index (χ4n) is 1.27. The van der Waals surface area contributed by atoms with Crippen LogP contribution in [0.1, 0.15) is 17.5 Å². The van der Waals surface area contributed by atoms with Crippen LogP contribution in [0.25, 0.3) is 0 Å². The van der Waals surface area contributed by atoms with Crippen molar-refractivity contribution in [2.75, 3.05) is 13.2 Å². The Morgan fingerprint density at radius 3 is 2.94 bits per heavy atom. The maximum absolute atomic E-state index is 10.2. The Hall–Kier alpha value is -1.79. The van der Waals surface area contributed by atoms with E-state index in [1.807, 2.05) is 24.3 Å². The van der Waals surface area contributed by atoms with Gasteiger partial charge < -0.3 is 9.84 Å². The molecule has 0 aromatic heterocycles. The van der Waals surface area contributed by atoms with Gasteiger partial charge in [-0.05, 0) is 24.1 Å². The molecule has 0 radical (unpaired) electrons. The highest BCUT2D eigenvalue weighted by Gasteiger charge is 1.97. The Morgan fingerprint density at radius 2 is 2.25 bits per heavy atom. The van der Waals surface area contributed by atoms with Gasteiger partial charge in [-0.2, -0.15) is 0 Å². The van der Waals surface area contributed by atoms with Gasteiger partial charge in [-0.3, -0.25) is 4.79 Å². The molecule has 0 aliphatic heterocycles. The molecule has 0 aliphatic rings. The second kappa shape index (κ2) is 6.65. The van der Waals surface area contributed by atoms with Crippen molar-refractivity contribution in [2.45, 2.75) is 12.8 Å². The number of carbonyl (C=O) groups is 1. The molecular formula is C13H14O3. The van der Waals surface area contributed by atoms with Gasteiger partial charge in [0.15, 0.2) is 0 Å². The quantitative estimate of drug-likeness (QED) is 0.584. The fourth-order valence-corrected chi connectivity index (χ4v) is 1.27. The summed E-state index contributed by atoms with van der Waals surface area (Å²) in [5.74, 6) is 1.73. The second-order valence-electron chi connectivity index (χ2n) is 3.35. The number of carboxylic acid groups (broad SMARTS) is 1. The number of hydrogen-bond donors (Lipinski definition) is 1. The lowest BCUT2D eigenvalue weighted by Crippen LogP contribution is -2.05. The van der Waals surface area contributed by atoms with Crippen LogP contribution >= 0.6 is 0 Å². The molecule has 16 heavy (non-hydrogen) atoms. The minimum atomic E-state index is -0.839. The predicted molar refractivity (Wildman–Crippen MR) is 61.2 cm³/mol. The first-order valence-electron chi connectivity index (χ1n) is 5.07. The van der Waals surface area contributed by atoms with Crippen molar-refractivity contribution in [1.82, 2.24) is 0 Å². The molecule has 0 spiro atoms. The lowest BCUT2D eigenvalue weighted by Gasteiger charge is -2.03. The van der Waals surface area contributed by atoms with Crippen molar-refractivity contribution in [2.24, 2.45) is 0 Å². The number of benzene rings is 1. The molecule has 1 aromatic rings. The van der Waals surface area contributed by atoms with Gasteiger partial charge in [-0.25, -0.2) is 0 Å². The standard InChI is InChI=1S/C13H14O3/c1-2-11-4-3-5-12(10-11)6-8-16-9-7-13(14)15/h1,3-5,10H,6-9H2,(H,14,15). The normalized spacial score (nSPS) is 9.69.